The van der Waals surface area contributed by atoms with E-state index in [-0.39, 0.29) is 37.4 Å². The van der Waals surface area contributed by atoms with Crippen molar-refractivity contribution in [2.75, 3.05) is 6.61 Å². The summed E-state index contributed by atoms with van der Waals surface area (Å²) < 4.78 is 60.3. The molecule has 4 aromatic rings. The second-order valence-electron chi connectivity index (χ2n) is 11.1. The Morgan fingerprint density at radius 3 is 2.50 bits per heavy atom. The molecular weight excluding hydrogens is 585 g/mol. The molecule has 2 aromatic heterocycles. The van der Waals surface area contributed by atoms with Crippen LogP contribution in [0.2, 0.25) is 0 Å². The molecule has 2 heterocycles. The number of benzene rings is 2. The molecule has 5 rings (SSSR count). The Hall–Kier alpha value is -4.35. The second kappa shape index (κ2) is 13.5. The molecule has 1 N–H and O–H groups in total. The van der Waals surface area contributed by atoms with E-state index < -0.39 is 21.7 Å². The summed E-state index contributed by atoms with van der Waals surface area (Å²) in [5, 5.41) is -0.288. The lowest BCUT2D eigenvalue weighted by Crippen LogP contribution is -2.40. The average molecular weight is 624 g/mol. The summed E-state index contributed by atoms with van der Waals surface area (Å²) in [7, 11) is -4.28. The summed E-state index contributed by atoms with van der Waals surface area (Å²) in [6, 6.07) is 21.5. The molecule has 11 heteroatoms. The number of halogens is 1. The van der Waals surface area contributed by atoms with E-state index in [9.17, 15) is 17.6 Å². The normalized spacial score (nSPS) is 16.3. The van der Waals surface area contributed by atoms with E-state index in [2.05, 4.69) is 14.7 Å². The van der Waals surface area contributed by atoms with Crippen LogP contribution in [0.3, 0.4) is 0 Å². The fourth-order valence-electron chi connectivity index (χ4n) is 4.51. The first-order chi connectivity index (χ1) is 21.1. The van der Waals surface area contributed by atoms with Crippen LogP contribution in [0.15, 0.2) is 83.9 Å². The SMILES string of the molecule is Cc1cccc(S(=O)(=O)NC(=O)c2ccc(-c3cc(F)cc(OCC(C)C)c3)nc2OC2CC(OCc3ccccc3)C2)n1.[HH].[HH]. The lowest BCUT2D eigenvalue weighted by molar-refractivity contribution is -0.0695. The predicted octanol–water partition coefficient (Wildman–Crippen LogP) is 6.36. The molecule has 1 aliphatic carbocycles. The fraction of sp³-hybridized carbons (Fsp3) is 0.303. The minimum absolute atomic E-state index is 0. The molecule has 234 valence electrons. The van der Waals surface area contributed by atoms with Gasteiger partial charge in [0.2, 0.25) is 5.88 Å². The summed E-state index contributed by atoms with van der Waals surface area (Å²) in [5.74, 6) is -0.936. The maximum absolute atomic E-state index is 14.5. The van der Waals surface area contributed by atoms with Crippen molar-refractivity contribution in [3.63, 3.8) is 0 Å². The first-order valence-corrected chi connectivity index (χ1v) is 15.8. The van der Waals surface area contributed by atoms with E-state index in [1.165, 1.54) is 36.4 Å². The van der Waals surface area contributed by atoms with Gasteiger partial charge in [0.05, 0.1) is 25.0 Å². The zero-order chi connectivity index (χ0) is 31.3. The van der Waals surface area contributed by atoms with Gasteiger partial charge in [0.15, 0.2) is 5.03 Å². The number of rotatable bonds is 12. The Kier molecular flexibility index (Phi) is 9.55. The average Bonchev–Trinajstić information content (AvgIpc) is 2.97. The molecule has 0 atom stereocenters. The van der Waals surface area contributed by atoms with Crippen molar-refractivity contribution in [2.45, 2.75) is 57.5 Å². The Balaban J connectivity index is 0.00000288. The number of nitrogens with zero attached hydrogens (tertiary/aromatic N) is 2. The molecule has 44 heavy (non-hydrogen) atoms. The Morgan fingerprint density at radius 1 is 1.00 bits per heavy atom. The van der Waals surface area contributed by atoms with Crippen LogP contribution in [0.25, 0.3) is 11.3 Å². The number of hydrogen-bond acceptors (Lipinski definition) is 8. The van der Waals surface area contributed by atoms with Crippen molar-refractivity contribution in [2.24, 2.45) is 5.92 Å². The van der Waals surface area contributed by atoms with Gasteiger partial charge < -0.3 is 14.2 Å². The molecule has 1 saturated carbocycles. The van der Waals surface area contributed by atoms with E-state index in [1.54, 1.807) is 19.1 Å². The number of pyridine rings is 2. The molecule has 0 bridgehead atoms. The van der Waals surface area contributed by atoms with Crippen LogP contribution in [-0.4, -0.2) is 43.1 Å². The topological polar surface area (TPSA) is 117 Å². The van der Waals surface area contributed by atoms with Gasteiger partial charge in [-0.15, -0.1) is 0 Å². The smallest absolute Gasteiger partial charge is 0.281 e. The highest BCUT2D eigenvalue weighted by Crippen LogP contribution is 2.33. The molecule has 0 unspecified atom stereocenters. The van der Waals surface area contributed by atoms with Crippen LogP contribution >= 0.6 is 0 Å². The van der Waals surface area contributed by atoms with E-state index in [4.69, 9.17) is 14.2 Å². The third-order valence-corrected chi connectivity index (χ3v) is 8.11. The summed E-state index contributed by atoms with van der Waals surface area (Å²) >= 11 is 0. The summed E-state index contributed by atoms with van der Waals surface area (Å²) in [4.78, 5) is 21.9. The number of aromatic nitrogens is 2. The maximum Gasteiger partial charge on any atom is 0.281 e. The van der Waals surface area contributed by atoms with Gasteiger partial charge in [-0.05, 0) is 54.8 Å². The number of amides is 1. The highest BCUT2D eigenvalue weighted by Gasteiger charge is 2.34. The highest BCUT2D eigenvalue weighted by molar-refractivity contribution is 7.90. The van der Waals surface area contributed by atoms with Gasteiger partial charge in [-0.25, -0.2) is 19.1 Å². The van der Waals surface area contributed by atoms with E-state index in [0.717, 1.165) is 5.56 Å². The molecule has 0 aliphatic heterocycles. The number of carbonyl (C=O) groups excluding carboxylic acids is 1. The number of aryl methyl sites for hydroxylation is 1. The van der Waals surface area contributed by atoms with Crippen LogP contribution in [0.5, 0.6) is 11.6 Å². The number of hydrogen-bond donors (Lipinski definition) is 1. The van der Waals surface area contributed by atoms with Crippen molar-refractivity contribution in [3.8, 4) is 22.9 Å². The van der Waals surface area contributed by atoms with Crippen molar-refractivity contribution in [1.82, 2.24) is 14.7 Å². The van der Waals surface area contributed by atoms with Gasteiger partial charge in [-0.2, -0.15) is 8.42 Å². The standard InChI is InChI=1S/C33H34FN3O6S.2H2/c1-21(2)19-41-26-15-24(14-25(34)16-26)30-13-12-29(32(38)37-44(39,40)31-11-7-8-22(3)35-31)33(36-30)43-28-17-27(18-28)42-20-23-9-5-4-6-10-23;;/h4-16,21,27-28H,17-20H2,1-3H3,(H,37,38);2*1H. The Labute approximate surface area is 259 Å². The highest BCUT2D eigenvalue weighted by atomic mass is 32.2. The third-order valence-electron chi connectivity index (χ3n) is 6.88. The molecular formula is C33H38FN3O6S. The minimum Gasteiger partial charge on any atom is -0.493 e. The zero-order valence-electron chi connectivity index (χ0n) is 24.7. The molecule has 0 saturated heterocycles. The molecule has 1 fully saturated rings. The third kappa shape index (κ3) is 7.97. The number of nitrogens with one attached hydrogen (secondary N) is 1. The van der Waals surface area contributed by atoms with Gasteiger partial charge in [0.1, 0.15) is 23.2 Å². The first-order valence-electron chi connectivity index (χ1n) is 14.3. The first kappa shape index (κ1) is 31.1. The van der Waals surface area contributed by atoms with Crippen LogP contribution in [-0.2, 0) is 21.4 Å². The van der Waals surface area contributed by atoms with Crippen molar-refractivity contribution in [1.29, 1.82) is 0 Å². The van der Waals surface area contributed by atoms with Crippen LogP contribution in [0, 0.1) is 18.7 Å². The van der Waals surface area contributed by atoms with E-state index in [0.29, 0.717) is 48.8 Å². The molecule has 0 radical (unpaired) electrons. The minimum atomic E-state index is -4.28. The van der Waals surface area contributed by atoms with Gasteiger partial charge >= 0.3 is 0 Å². The van der Waals surface area contributed by atoms with Crippen molar-refractivity contribution < 1.29 is 34.7 Å². The van der Waals surface area contributed by atoms with E-state index in [1.807, 2.05) is 44.2 Å². The Morgan fingerprint density at radius 2 is 1.77 bits per heavy atom. The molecule has 9 nitrogen and oxygen atoms in total. The molecule has 1 amide bonds. The van der Waals surface area contributed by atoms with Gasteiger partial charge in [0.25, 0.3) is 15.9 Å². The van der Waals surface area contributed by atoms with Crippen molar-refractivity contribution in [3.05, 3.63) is 102 Å². The van der Waals surface area contributed by atoms with Crippen molar-refractivity contribution >= 4 is 15.9 Å². The second-order valence-corrected chi connectivity index (χ2v) is 12.7. The zero-order valence-corrected chi connectivity index (χ0v) is 25.5. The van der Waals surface area contributed by atoms with Crippen LogP contribution in [0.4, 0.5) is 4.39 Å². The number of ether oxygens (including phenoxy) is 3. The van der Waals surface area contributed by atoms with Crippen LogP contribution < -0.4 is 14.2 Å². The quantitative estimate of drug-likeness (QED) is 0.194. The van der Waals surface area contributed by atoms with Gasteiger partial charge in [-0.3, -0.25) is 4.79 Å². The molecule has 0 spiro atoms. The summed E-state index contributed by atoms with van der Waals surface area (Å²) in [6.07, 6.45) is 0.742. The largest absolute Gasteiger partial charge is 0.493 e. The molecule has 1 aliphatic rings. The van der Waals surface area contributed by atoms with E-state index >= 15 is 0 Å². The number of carbonyl (C=O) groups is 1. The Bertz CT molecular complexity index is 1740. The maximum atomic E-state index is 14.5. The lowest BCUT2D eigenvalue weighted by atomic mass is 9.92. The fourth-order valence-corrected chi connectivity index (χ4v) is 5.49. The lowest BCUT2D eigenvalue weighted by Gasteiger charge is -2.35. The van der Waals surface area contributed by atoms with Gasteiger partial charge in [0, 0.05) is 33.0 Å². The monoisotopic (exact) mass is 623 g/mol. The predicted molar refractivity (Wildman–Crippen MR) is 166 cm³/mol. The number of sulfonamides is 1. The van der Waals surface area contributed by atoms with Crippen LogP contribution in [0.1, 0.15) is 51.2 Å². The summed E-state index contributed by atoms with van der Waals surface area (Å²) in [6.45, 7) is 6.50. The van der Waals surface area contributed by atoms with Gasteiger partial charge in [-0.1, -0.05) is 50.2 Å². The summed E-state index contributed by atoms with van der Waals surface area (Å²) in [5.41, 5.74) is 2.18. The molecule has 2 aromatic carbocycles.